The Morgan fingerprint density at radius 1 is 0.723 bits per heavy atom. The summed E-state index contributed by atoms with van der Waals surface area (Å²) in [6.07, 6.45) is 1.20. The maximum atomic E-state index is 11.8. The van der Waals surface area contributed by atoms with Gasteiger partial charge in [-0.05, 0) is 46.9 Å². The van der Waals surface area contributed by atoms with Gasteiger partial charge in [0, 0.05) is 23.9 Å². The number of rotatable bonds is 8. The number of nitro groups is 2. The molecule has 0 saturated heterocycles. The second kappa shape index (κ2) is 31.1. The van der Waals surface area contributed by atoms with E-state index in [0.717, 1.165) is 0 Å². The van der Waals surface area contributed by atoms with E-state index in [4.69, 9.17) is 11.5 Å². The predicted octanol–water partition coefficient (Wildman–Crippen LogP) is 7.28. The standard InChI is InChI=1S/C12H13N3O4.C8H8N2O3.C5H11NO.4C2H6/c1-7(8(2)16)6-14-12(17)9-4-3-5-10(11(9)13)15(18)19;1-5(11)6-3-2-4-7(8(6)9)10(12)13;1-4(6-3)5(2)7;4*1-2/h3-7H,13H2,1-2H3;2-4H,9H2,1H3;4,6H,1-3H3;4*1-2H3. The van der Waals surface area contributed by atoms with Gasteiger partial charge in [0.1, 0.15) is 22.9 Å². The Labute approximate surface area is 279 Å². The van der Waals surface area contributed by atoms with Crippen LogP contribution in [0.2, 0.25) is 0 Å². The molecule has 2 rings (SSSR count). The van der Waals surface area contributed by atoms with Crippen LogP contribution >= 0.6 is 0 Å². The van der Waals surface area contributed by atoms with Crippen LogP contribution in [0, 0.1) is 26.1 Å². The largest absolute Gasteiger partial charge is 0.393 e. The third-order valence-corrected chi connectivity index (χ3v) is 5.27. The molecule has 0 radical (unpaired) electrons. The molecule has 0 aliphatic carbocycles. The molecule has 0 fully saturated rings. The third kappa shape index (κ3) is 21.5. The van der Waals surface area contributed by atoms with Crippen LogP contribution in [0.3, 0.4) is 0 Å². The van der Waals surface area contributed by atoms with E-state index in [-0.39, 0.29) is 57.3 Å². The number of nitrogens with two attached hydrogens (primary N) is 2. The van der Waals surface area contributed by atoms with Gasteiger partial charge in [0.25, 0.3) is 17.3 Å². The van der Waals surface area contributed by atoms with Gasteiger partial charge >= 0.3 is 0 Å². The molecule has 5 N–H and O–H groups in total. The molecule has 0 aliphatic heterocycles. The van der Waals surface area contributed by atoms with Crippen molar-refractivity contribution in [3.8, 4) is 0 Å². The number of nitrogens with one attached hydrogen (secondary N) is 1. The lowest BCUT2D eigenvalue weighted by molar-refractivity contribution is -0.384. The van der Waals surface area contributed by atoms with Gasteiger partial charge in [0.2, 0.25) is 0 Å². The number of benzene rings is 2. The highest BCUT2D eigenvalue weighted by Crippen LogP contribution is 2.26. The minimum Gasteiger partial charge on any atom is -0.393 e. The van der Waals surface area contributed by atoms with E-state index in [9.17, 15) is 39.4 Å². The molecule has 0 heterocycles. The molecule has 2 aromatic carbocycles. The molecule has 266 valence electrons. The van der Waals surface area contributed by atoms with Crippen LogP contribution in [0.1, 0.15) is 111 Å². The average molecular weight is 665 g/mol. The number of hydrogen-bond acceptors (Lipinski definition) is 11. The lowest BCUT2D eigenvalue weighted by atomic mass is 10.1. The second-order valence-electron chi connectivity index (χ2n) is 8.15. The molecule has 14 heteroatoms. The molecular formula is C33H56N6O8. The third-order valence-electron chi connectivity index (χ3n) is 5.27. The molecule has 0 saturated carbocycles. The van der Waals surface area contributed by atoms with Crippen LogP contribution in [0.4, 0.5) is 22.7 Å². The van der Waals surface area contributed by atoms with Gasteiger partial charge in [0.05, 0.1) is 27.4 Å². The normalized spacial score (nSPS) is 10.2. The average Bonchev–Trinajstić information content (AvgIpc) is 3.07. The number of aliphatic imine (C=N–C) groups is 1. The van der Waals surface area contributed by atoms with Crippen molar-refractivity contribution in [2.45, 2.75) is 96.1 Å². The topological polar surface area (TPSA) is 231 Å². The Hall–Kier alpha value is -4.85. The molecule has 0 aliphatic rings. The Kier molecular flexibility index (Phi) is 34.3. The number of carbonyl (C=O) groups excluding carboxylic acids is 4. The van der Waals surface area contributed by atoms with Gasteiger partial charge in [-0.1, -0.05) is 74.4 Å². The summed E-state index contributed by atoms with van der Waals surface area (Å²) in [5.41, 5.74) is 10.2. The molecule has 1 amide bonds. The zero-order chi connectivity index (χ0) is 38.4. The quantitative estimate of drug-likeness (QED) is 0.0833. The van der Waals surface area contributed by atoms with Gasteiger partial charge in [-0.3, -0.25) is 39.4 Å². The molecule has 2 atom stereocenters. The first-order valence-corrected chi connectivity index (χ1v) is 15.4. The van der Waals surface area contributed by atoms with Crippen molar-refractivity contribution < 1.29 is 29.0 Å². The van der Waals surface area contributed by atoms with Crippen LogP contribution in [0.15, 0.2) is 41.4 Å². The van der Waals surface area contributed by atoms with Crippen molar-refractivity contribution >= 4 is 52.2 Å². The number of nitro benzene ring substituents is 2. The number of Topliss-reactive ketones (excluding diaryl/α,β-unsaturated/α-hetero) is 3. The SMILES string of the molecule is CC.CC.CC.CC.CC(=O)C(C)C=NC(=O)c1cccc([N+](=O)[O-])c1N.CC(=O)c1cccc([N+](=O)[O-])c1N.CNC(C)C(C)=O. The number of ketones is 3. The summed E-state index contributed by atoms with van der Waals surface area (Å²) in [5.74, 6) is -1.44. The fourth-order valence-electron chi connectivity index (χ4n) is 2.48. The van der Waals surface area contributed by atoms with Crippen molar-refractivity contribution in [3.63, 3.8) is 0 Å². The van der Waals surface area contributed by atoms with E-state index in [1.54, 1.807) is 20.9 Å². The second-order valence-corrected chi connectivity index (χ2v) is 8.15. The first-order chi connectivity index (χ1) is 22.1. The summed E-state index contributed by atoms with van der Waals surface area (Å²) in [6.45, 7) is 23.7. The number of anilines is 2. The van der Waals surface area contributed by atoms with Gasteiger partial charge in [-0.15, -0.1) is 0 Å². The summed E-state index contributed by atoms with van der Waals surface area (Å²) in [6, 6.07) is 8.08. The van der Waals surface area contributed by atoms with Crippen molar-refractivity contribution in [2.75, 3.05) is 18.5 Å². The minimum atomic E-state index is -0.714. The first-order valence-electron chi connectivity index (χ1n) is 15.4. The number of para-hydroxylation sites is 2. The number of nitrogens with zero attached hydrogens (tertiary/aromatic N) is 3. The maximum Gasteiger partial charge on any atom is 0.292 e. The Morgan fingerprint density at radius 2 is 1.09 bits per heavy atom. The molecule has 2 aromatic rings. The van der Waals surface area contributed by atoms with Crippen molar-refractivity contribution in [3.05, 3.63) is 67.8 Å². The highest BCUT2D eigenvalue weighted by atomic mass is 16.6. The van der Waals surface area contributed by atoms with E-state index in [1.807, 2.05) is 62.3 Å². The van der Waals surface area contributed by atoms with E-state index >= 15 is 0 Å². The maximum absolute atomic E-state index is 11.8. The van der Waals surface area contributed by atoms with Gasteiger partial charge in [-0.2, -0.15) is 0 Å². The van der Waals surface area contributed by atoms with Crippen molar-refractivity contribution in [1.29, 1.82) is 0 Å². The van der Waals surface area contributed by atoms with Gasteiger partial charge < -0.3 is 16.8 Å². The summed E-state index contributed by atoms with van der Waals surface area (Å²) in [4.78, 5) is 67.4. The zero-order valence-electron chi connectivity index (χ0n) is 30.5. The number of likely N-dealkylation sites (N-methyl/N-ethyl adjacent to an activating group) is 1. The molecule has 0 aromatic heterocycles. The zero-order valence-corrected chi connectivity index (χ0v) is 30.5. The van der Waals surface area contributed by atoms with Gasteiger partial charge in [-0.25, -0.2) is 4.99 Å². The van der Waals surface area contributed by atoms with Crippen molar-refractivity contribution in [1.82, 2.24) is 5.32 Å². The van der Waals surface area contributed by atoms with Crippen molar-refractivity contribution in [2.24, 2.45) is 10.9 Å². The summed E-state index contributed by atoms with van der Waals surface area (Å²) >= 11 is 0. The van der Waals surface area contributed by atoms with Crippen LogP contribution in [0.5, 0.6) is 0 Å². The molecule has 0 bridgehead atoms. The summed E-state index contributed by atoms with van der Waals surface area (Å²) < 4.78 is 0. The molecular weight excluding hydrogens is 608 g/mol. The molecule has 47 heavy (non-hydrogen) atoms. The van der Waals surface area contributed by atoms with Crippen LogP contribution in [-0.2, 0) is 9.59 Å². The lowest BCUT2D eigenvalue weighted by Crippen LogP contribution is -2.28. The van der Waals surface area contributed by atoms with E-state index in [1.165, 1.54) is 56.5 Å². The fourth-order valence-corrected chi connectivity index (χ4v) is 2.48. The molecule has 0 spiro atoms. The first kappa shape index (κ1) is 51.7. The minimum absolute atomic E-state index is 0.0139. The number of hydrogen-bond donors (Lipinski definition) is 3. The molecule has 2 unspecified atom stereocenters. The number of nitrogen functional groups attached to an aromatic ring is 2. The Morgan fingerprint density at radius 3 is 1.36 bits per heavy atom. The number of amides is 1. The fraction of sp³-hybridized carbons (Fsp3) is 0.485. The highest BCUT2D eigenvalue weighted by molar-refractivity contribution is 6.06. The monoisotopic (exact) mass is 664 g/mol. The lowest BCUT2D eigenvalue weighted by Gasteiger charge is -2.02. The predicted molar refractivity (Wildman–Crippen MR) is 192 cm³/mol. The van der Waals surface area contributed by atoms with E-state index < -0.39 is 21.7 Å². The van der Waals surface area contributed by atoms with Gasteiger partial charge in [0.15, 0.2) is 5.78 Å². The van der Waals surface area contributed by atoms with Crippen LogP contribution in [0.25, 0.3) is 0 Å². The Bertz CT molecular complexity index is 1250. The van der Waals surface area contributed by atoms with E-state index in [0.29, 0.717) is 0 Å². The summed E-state index contributed by atoms with van der Waals surface area (Å²) in [5, 5.41) is 23.9. The molecule has 14 nitrogen and oxygen atoms in total. The smallest absolute Gasteiger partial charge is 0.292 e. The van der Waals surface area contributed by atoms with Crippen LogP contribution in [-0.4, -0.2) is 52.4 Å². The van der Waals surface area contributed by atoms with Crippen LogP contribution < -0.4 is 16.8 Å². The van der Waals surface area contributed by atoms with E-state index in [2.05, 4.69) is 10.3 Å². The summed E-state index contributed by atoms with van der Waals surface area (Å²) in [7, 11) is 1.77. The Balaban J connectivity index is -0.000000182. The highest BCUT2D eigenvalue weighted by Gasteiger charge is 2.19. The number of carbonyl (C=O) groups is 4.